The molecule has 0 aliphatic carbocycles. The van der Waals surface area contributed by atoms with Gasteiger partial charge < -0.3 is 14.6 Å². The maximum Gasteiger partial charge on any atom is 0.318 e. The number of benzene rings is 1. The van der Waals surface area contributed by atoms with Gasteiger partial charge in [0.25, 0.3) is 0 Å². The minimum absolute atomic E-state index is 0.0296. The third kappa shape index (κ3) is 1.78. The van der Waals surface area contributed by atoms with Gasteiger partial charge in [-0.1, -0.05) is 18.2 Å². The molecule has 4 rings (SSSR count). The monoisotopic (exact) mass is 298 g/mol. The molecule has 2 unspecified atom stereocenters. The largest absolute Gasteiger partial charge is 0.465 e. The molecule has 1 aromatic carbocycles. The van der Waals surface area contributed by atoms with Gasteiger partial charge in [-0.15, -0.1) is 0 Å². The highest BCUT2D eigenvalue weighted by atomic mass is 16.5. The van der Waals surface area contributed by atoms with E-state index in [-0.39, 0.29) is 17.9 Å². The average Bonchev–Trinajstić information content (AvgIpc) is 3.06. The Labute approximate surface area is 128 Å². The minimum Gasteiger partial charge on any atom is -0.465 e. The number of aromatic amines is 1. The van der Waals surface area contributed by atoms with Crippen molar-refractivity contribution < 1.29 is 14.3 Å². The topological polar surface area (TPSA) is 62.4 Å². The van der Waals surface area contributed by atoms with Crippen LogP contribution in [0.25, 0.3) is 10.9 Å². The summed E-state index contributed by atoms with van der Waals surface area (Å²) in [7, 11) is 0. The summed E-state index contributed by atoms with van der Waals surface area (Å²) in [5.41, 5.74) is 3.48. The molecular weight excluding hydrogens is 280 g/mol. The van der Waals surface area contributed by atoms with Gasteiger partial charge in [0.05, 0.1) is 12.6 Å². The van der Waals surface area contributed by atoms with Gasteiger partial charge in [0.2, 0.25) is 5.91 Å². The number of para-hydroxylation sites is 1. The molecule has 3 heterocycles. The molecule has 1 saturated heterocycles. The number of nitrogens with zero attached hydrogens (tertiary/aromatic N) is 1. The first-order chi connectivity index (χ1) is 10.7. The molecule has 5 nitrogen and oxygen atoms in total. The third-order valence-electron chi connectivity index (χ3n) is 4.77. The number of ether oxygens (including phenoxy) is 1. The van der Waals surface area contributed by atoms with Crippen molar-refractivity contribution in [3.8, 4) is 0 Å². The smallest absolute Gasteiger partial charge is 0.318 e. The molecule has 0 radical (unpaired) electrons. The number of amides is 1. The first-order valence-corrected chi connectivity index (χ1v) is 7.77. The Morgan fingerprint density at radius 2 is 2.23 bits per heavy atom. The van der Waals surface area contributed by atoms with E-state index >= 15 is 0 Å². The normalized spacial score (nSPS) is 23.5. The van der Waals surface area contributed by atoms with Gasteiger partial charge in [-0.25, -0.2) is 0 Å². The fraction of sp³-hybridized carbons (Fsp3) is 0.412. The summed E-state index contributed by atoms with van der Waals surface area (Å²) in [5.74, 6) is -1.13. The highest BCUT2D eigenvalue weighted by Crippen LogP contribution is 2.43. The first kappa shape index (κ1) is 13.4. The molecule has 0 bridgehead atoms. The Kier molecular flexibility index (Phi) is 2.96. The predicted octanol–water partition coefficient (Wildman–Crippen LogP) is 2.18. The van der Waals surface area contributed by atoms with E-state index in [1.807, 2.05) is 17.0 Å². The van der Waals surface area contributed by atoms with Crippen molar-refractivity contribution in [2.24, 2.45) is 5.92 Å². The summed E-state index contributed by atoms with van der Waals surface area (Å²) >= 11 is 0. The Balaban J connectivity index is 1.73. The van der Waals surface area contributed by atoms with Gasteiger partial charge in [0.15, 0.2) is 0 Å². The lowest BCUT2D eigenvalue weighted by Crippen LogP contribution is -2.36. The molecule has 2 aromatic rings. The first-order valence-electron chi connectivity index (χ1n) is 7.77. The molecule has 2 aliphatic rings. The number of aromatic nitrogens is 1. The molecule has 5 heteroatoms. The molecule has 1 amide bonds. The van der Waals surface area contributed by atoms with Crippen LogP contribution in [0.15, 0.2) is 24.3 Å². The van der Waals surface area contributed by atoms with Gasteiger partial charge in [0, 0.05) is 23.1 Å². The second-order valence-corrected chi connectivity index (χ2v) is 5.90. The number of carbonyl (C=O) groups excluding carboxylic acids is 2. The molecule has 1 aromatic heterocycles. The zero-order valence-corrected chi connectivity index (χ0v) is 12.5. The summed E-state index contributed by atoms with van der Waals surface area (Å²) in [4.78, 5) is 29.8. The van der Waals surface area contributed by atoms with Crippen LogP contribution < -0.4 is 0 Å². The number of fused-ring (bicyclic) bond motifs is 5. The number of carbonyl (C=O) groups is 2. The fourth-order valence-electron chi connectivity index (χ4n) is 3.79. The Morgan fingerprint density at radius 1 is 1.41 bits per heavy atom. The highest BCUT2D eigenvalue weighted by molar-refractivity contribution is 6.00. The summed E-state index contributed by atoms with van der Waals surface area (Å²) in [6.45, 7) is 2.75. The molecule has 22 heavy (non-hydrogen) atoms. The van der Waals surface area contributed by atoms with Crippen LogP contribution in [0.1, 0.15) is 30.6 Å². The molecule has 2 aliphatic heterocycles. The lowest BCUT2D eigenvalue weighted by Gasteiger charge is -2.29. The van der Waals surface area contributed by atoms with Gasteiger partial charge in [-0.05, 0) is 31.4 Å². The second-order valence-electron chi connectivity index (χ2n) is 5.90. The van der Waals surface area contributed by atoms with Crippen LogP contribution in [0.4, 0.5) is 0 Å². The number of nitrogens with one attached hydrogen (secondary N) is 1. The molecule has 1 N–H and O–H groups in total. The quantitative estimate of drug-likeness (QED) is 0.683. The van der Waals surface area contributed by atoms with Gasteiger partial charge in [-0.3, -0.25) is 9.59 Å². The van der Waals surface area contributed by atoms with Crippen LogP contribution in [0.5, 0.6) is 0 Å². The van der Waals surface area contributed by atoms with E-state index in [1.54, 1.807) is 6.92 Å². The summed E-state index contributed by atoms with van der Waals surface area (Å²) in [5, 5.41) is 1.23. The fourth-order valence-corrected chi connectivity index (χ4v) is 3.79. The van der Waals surface area contributed by atoms with E-state index in [0.717, 1.165) is 17.6 Å². The molecule has 114 valence electrons. The lowest BCUT2D eigenvalue weighted by atomic mass is 9.96. The van der Waals surface area contributed by atoms with Gasteiger partial charge in [0.1, 0.15) is 5.92 Å². The van der Waals surface area contributed by atoms with Crippen LogP contribution >= 0.6 is 0 Å². The maximum absolute atomic E-state index is 12.5. The standard InChI is InChI=1S/C17H18N2O3/c1-2-22-17(21)12-9-14-15-11(7-8-19(14)16(12)20)10-5-3-4-6-13(10)18-15/h3-6,12,14,18H,2,7-9H2,1H3. The number of rotatable bonds is 2. The zero-order chi connectivity index (χ0) is 15.3. The number of esters is 1. The average molecular weight is 298 g/mol. The van der Waals surface area contributed by atoms with Crippen LogP contribution in [0.3, 0.4) is 0 Å². The van der Waals surface area contributed by atoms with Crippen molar-refractivity contribution in [3.05, 3.63) is 35.5 Å². The van der Waals surface area contributed by atoms with Crippen molar-refractivity contribution in [1.82, 2.24) is 9.88 Å². The zero-order valence-electron chi connectivity index (χ0n) is 12.5. The van der Waals surface area contributed by atoms with E-state index in [1.165, 1.54) is 10.9 Å². The van der Waals surface area contributed by atoms with Crippen molar-refractivity contribution in [3.63, 3.8) is 0 Å². The van der Waals surface area contributed by atoms with Crippen LogP contribution in [-0.2, 0) is 20.7 Å². The van der Waals surface area contributed by atoms with Crippen molar-refractivity contribution in [1.29, 1.82) is 0 Å². The Hall–Kier alpha value is -2.30. The minimum atomic E-state index is -0.651. The van der Waals surface area contributed by atoms with Crippen molar-refractivity contribution >= 4 is 22.8 Å². The van der Waals surface area contributed by atoms with Crippen molar-refractivity contribution in [2.75, 3.05) is 13.2 Å². The van der Waals surface area contributed by atoms with Gasteiger partial charge in [-0.2, -0.15) is 0 Å². The van der Waals surface area contributed by atoms with E-state index in [0.29, 0.717) is 19.6 Å². The third-order valence-corrected chi connectivity index (χ3v) is 4.77. The van der Waals surface area contributed by atoms with E-state index in [9.17, 15) is 9.59 Å². The van der Waals surface area contributed by atoms with Crippen molar-refractivity contribution in [2.45, 2.75) is 25.8 Å². The second kappa shape index (κ2) is 4.87. The summed E-state index contributed by atoms with van der Waals surface area (Å²) in [6.07, 6.45) is 1.34. The summed E-state index contributed by atoms with van der Waals surface area (Å²) < 4.78 is 5.05. The Bertz CT molecular complexity index is 764. The molecule has 2 atom stereocenters. The number of hydrogen-bond acceptors (Lipinski definition) is 3. The van der Waals surface area contributed by atoms with Crippen LogP contribution in [0.2, 0.25) is 0 Å². The molecule has 0 spiro atoms. The Morgan fingerprint density at radius 3 is 3.05 bits per heavy atom. The maximum atomic E-state index is 12.5. The van der Waals surface area contributed by atoms with E-state index in [4.69, 9.17) is 4.74 Å². The lowest BCUT2D eigenvalue weighted by molar-refractivity contribution is -0.152. The number of hydrogen-bond donors (Lipinski definition) is 1. The molecule has 1 fully saturated rings. The number of H-pyrrole nitrogens is 1. The molecular formula is C17H18N2O3. The summed E-state index contributed by atoms with van der Waals surface area (Å²) in [6, 6.07) is 8.17. The predicted molar refractivity (Wildman–Crippen MR) is 81.2 cm³/mol. The van der Waals surface area contributed by atoms with Crippen LogP contribution in [0, 0.1) is 5.92 Å². The highest BCUT2D eigenvalue weighted by Gasteiger charge is 2.47. The molecule has 0 saturated carbocycles. The van der Waals surface area contributed by atoms with Gasteiger partial charge >= 0.3 is 5.97 Å². The SMILES string of the molecule is CCOC(=O)C1CC2c3[nH]c4ccccc4c3CCN2C1=O. The van der Waals surface area contributed by atoms with E-state index < -0.39 is 5.92 Å². The van der Waals surface area contributed by atoms with Crippen LogP contribution in [-0.4, -0.2) is 34.9 Å². The van der Waals surface area contributed by atoms with E-state index in [2.05, 4.69) is 17.1 Å².